The smallest absolute Gasteiger partial charge is 0.0555 e. The van der Waals surface area contributed by atoms with Crippen molar-refractivity contribution in [3.63, 3.8) is 0 Å². The van der Waals surface area contributed by atoms with E-state index in [4.69, 9.17) is 0 Å². The van der Waals surface area contributed by atoms with E-state index in [1.807, 2.05) is 0 Å². The van der Waals surface area contributed by atoms with Gasteiger partial charge in [-0.05, 0) is 37.6 Å². The lowest BCUT2D eigenvalue weighted by molar-refractivity contribution is 0.575. The Balaban J connectivity index is 2.11. The van der Waals surface area contributed by atoms with E-state index in [1.165, 1.54) is 17.7 Å². The van der Waals surface area contributed by atoms with Crippen LogP contribution in [0.1, 0.15) is 37.6 Å². The Morgan fingerprint density at radius 1 is 1.11 bits per heavy atom. The minimum Gasteiger partial charge on any atom is -0.343 e. The molecule has 0 saturated heterocycles. The summed E-state index contributed by atoms with van der Waals surface area (Å²) < 4.78 is 2.35. The van der Waals surface area contributed by atoms with Crippen LogP contribution in [0.25, 0.3) is 0 Å². The average molecular weight is 242 g/mol. The normalized spacial score (nSPS) is 12.6. The molecule has 96 valence electrons. The van der Waals surface area contributed by atoms with Crippen LogP contribution < -0.4 is 5.32 Å². The van der Waals surface area contributed by atoms with Gasteiger partial charge in [0, 0.05) is 18.4 Å². The third-order valence-corrected chi connectivity index (χ3v) is 3.30. The molecule has 1 N–H and O–H groups in total. The first-order chi connectivity index (χ1) is 8.83. The molecule has 2 nitrogen and oxygen atoms in total. The second-order valence-corrected chi connectivity index (χ2v) is 4.67. The predicted molar refractivity (Wildman–Crippen MR) is 76.7 cm³/mol. The average Bonchev–Trinajstić information content (AvgIpc) is 2.88. The first kappa shape index (κ1) is 12.9. The molecule has 2 heteroatoms. The first-order valence-electron chi connectivity index (χ1n) is 6.74. The number of hydrogen-bond acceptors (Lipinski definition) is 1. The van der Waals surface area contributed by atoms with Crippen LogP contribution in [0, 0.1) is 0 Å². The molecule has 0 aliphatic rings. The van der Waals surface area contributed by atoms with Gasteiger partial charge in [0.2, 0.25) is 0 Å². The van der Waals surface area contributed by atoms with Crippen LogP contribution >= 0.6 is 0 Å². The van der Waals surface area contributed by atoms with E-state index in [9.17, 15) is 0 Å². The third-order valence-electron chi connectivity index (χ3n) is 3.30. The largest absolute Gasteiger partial charge is 0.343 e. The van der Waals surface area contributed by atoms with Crippen molar-refractivity contribution in [1.29, 1.82) is 0 Å². The molecule has 0 aliphatic carbocycles. The third kappa shape index (κ3) is 3.02. The fraction of sp³-hybridized carbons (Fsp3) is 0.375. The van der Waals surface area contributed by atoms with Crippen molar-refractivity contribution < 1.29 is 0 Å². The van der Waals surface area contributed by atoms with E-state index in [0.29, 0.717) is 6.04 Å². The fourth-order valence-corrected chi connectivity index (χ4v) is 2.24. The molecule has 1 aromatic heterocycles. The van der Waals surface area contributed by atoms with Crippen molar-refractivity contribution in [2.45, 2.75) is 32.9 Å². The Labute approximate surface area is 110 Å². The molecule has 0 amide bonds. The number of nitrogens with zero attached hydrogens (tertiary/aromatic N) is 1. The molecule has 1 heterocycles. The lowest BCUT2D eigenvalue weighted by Gasteiger charge is -2.18. The zero-order valence-electron chi connectivity index (χ0n) is 11.3. The van der Waals surface area contributed by atoms with E-state index in [0.717, 1.165) is 13.1 Å². The Kier molecular flexibility index (Phi) is 4.59. The maximum Gasteiger partial charge on any atom is 0.0555 e. The quantitative estimate of drug-likeness (QED) is 0.766. The second-order valence-electron chi connectivity index (χ2n) is 4.67. The minimum absolute atomic E-state index is 0.389. The molecule has 18 heavy (non-hydrogen) atoms. The minimum atomic E-state index is 0.389. The Morgan fingerprint density at radius 3 is 2.61 bits per heavy atom. The van der Waals surface area contributed by atoms with E-state index in [2.05, 4.69) is 72.4 Å². The zero-order valence-corrected chi connectivity index (χ0v) is 11.3. The molecule has 2 rings (SSSR count). The highest BCUT2D eigenvalue weighted by Crippen LogP contribution is 2.19. The zero-order chi connectivity index (χ0) is 12.8. The SMILES string of the molecule is CCCNCc1cccn1[C@@H](C)c1ccccc1. The number of rotatable bonds is 6. The molecule has 0 aliphatic heterocycles. The van der Waals surface area contributed by atoms with Gasteiger partial charge in [0.15, 0.2) is 0 Å². The van der Waals surface area contributed by atoms with Gasteiger partial charge in [0.1, 0.15) is 0 Å². The van der Waals surface area contributed by atoms with Gasteiger partial charge in [0.25, 0.3) is 0 Å². The van der Waals surface area contributed by atoms with Crippen molar-refractivity contribution in [1.82, 2.24) is 9.88 Å². The van der Waals surface area contributed by atoms with Gasteiger partial charge in [-0.3, -0.25) is 0 Å². The molecular weight excluding hydrogens is 220 g/mol. The molecule has 2 aromatic rings. The van der Waals surface area contributed by atoms with E-state index in [-0.39, 0.29) is 0 Å². The summed E-state index contributed by atoms with van der Waals surface area (Å²) in [4.78, 5) is 0. The molecule has 0 fully saturated rings. The maximum atomic E-state index is 3.46. The lowest BCUT2D eigenvalue weighted by Crippen LogP contribution is -2.18. The van der Waals surface area contributed by atoms with Gasteiger partial charge in [-0.1, -0.05) is 37.3 Å². The molecule has 1 atom stereocenters. The van der Waals surface area contributed by atoms with Gasteiger partial charge in [-0.15, -0.1) is 0 Å². The number of hydrogen-bond donors (Lipinski definition) is 1. The standard InChI is InChI=1S/C16H22N2/c1-3-11-17-13-16-10-7-12-18(16)14(2)15-8-5-4-6-9-15/h4-10,12,14,17H,3,11,13H2,1-2H3/t14-/m0/s1. The maximum absolute atomic E-state index is 3.46. The topological polar surface area (TPSA) is 17.0 Å². The fourth-order valence-electron chi connectivity index (χ4n) is 2.24. The second kappa shape index (κ2) is 6.41. The van der Waals surface area contributed by atoms with Crippen LogP contribution in [0.4, 0.5) is 0 Å². The molecule has 0 radical (unpaired) electrons. The van der Waals surface area contributed by atoms with Crippen molar-refractivity contribution in [3.05, 3.63) is 59.9 Å². The molecule has 1 aromatic carbocycles. The molecule has 0 bridgehead atoms. The van der Waals surface area contributed by atoms with Crippen molar-refractivity contribution in [3.8, 4) is 0 Å². The van der Waals surface area contributed by atoms with Crippen molar-refractivity contribution >= 4 is 0 Å². The Hall–Kier alpha value is -1.54. The van der Waals surface area contributed by atoms with Gasteiger partial charge < -0.3 is 9.88 Å². The monoisotopic (exact) mass is 242 g/mol. The van der Waals surface area contributed by atoms with Crippen molar-refractivity contribution in [2.24, 2.45) is 0 Å². The van der Waals surface area contributed by atoms with E-state index in [1.54, 1.807) is 0 Å². The van der Waals surface area contributed by atoms with Crippen LogP contribution in [0.3, 0.4) is 0 Å². The Morgan fingerprint density at radius 2 is 1.89 bits per heavy atom. The summed E-state index contributed by atoms with van der Waals surface area (Å²) in [5.41, 5.74) is 2.70. The van der Waals surface area contributed by atoms with Crippen LogP contribution in [0.15, 0.2) is 48.7 Å². The van der Waals surface area contributed by atoms with Crippen LogP contribution in [-0.2, 0) is 6.54 Å². The van der Waals surface area contributed by atoms with Crippen LogP contribution in [0.5, 0.6) is 0 Å². The predicted octanol–water partition coefficient (Wildman–Crippen LogP) is 3.60. The van der Waals surface area contributed by atoms with Gasteiger partial charge in [-0.25, -0.2) is 0 Å². The van der Waals surface area contributed by atoms with Gasteiger partial charge >= 0.3 is 0 Å². The van der Waals surface area contributed by atoms with Crippen molar-refractivity contribution in [2.75, 3.05) is 6.54 Å². The summed E-state index contributed by atoms with van der Waals surface area (Å²) in [6.07, 6.45) is 3.34. The van der Waals surface area contributed by atoms with E-state index < -0.39 is 0 Å². The number of benzene rings is 1. The summed E-state index contributed by atoms with van der Waals surface area (Å²) in [6.45, 7) is 6.46. The molecule has 0 unspecified atom stereocenters. The van der Waals surface area contributed by atoms with Crippen LogP contribution in [-0.4, -0.2) is 11.1 Å². The van der Waals surface area contributed by atoms with E-state index >= 15 is 0 Å². The first-order valence-corrected chi connectivity index (χ1v) is 6.74. The Bertz CT molecular complexity index is 459. The molecule has 0 saturated carbocycles. The summed E-state index contributed by atoms with van der Waals surface area (Å²) in [5, 5.41) is 3.46. The number of aromatic nitrogens is 1. The number of nitrogens with one attached hydrogen (secondary N) is 1. The summed E-state index contributed by atoms with van der Waals surface area (Å²) in [5.74, 6) is 0. The van der Waals surface area contributed by atoms with Gasteiger partial charge in [0.05, 0.1) is 6.04 Å². The highest BCUT2D eigenvalue weighted by atomic mass is 15.0. The molecule has 0 spiro atoms. The molecular formula is C16H22N2. The highest BCUT2D eigenvalue weighted by molar-refractivity contribution is 5.21. The summed E-state index contributed by atoms with van der Waals surface area (Å²) in [6, 6.07) is 15.4. The summed E-state index contributed by atoms with van der Waals surface area (Å²) in [7, 11) is 0. The lowest BCUT2D eigenvalue weighted by atomic mass is 10.1. The summed E-state index contributed by atoms with van der Waals surface area (Å²) >= 11 is 0. The van der Waals surface area contributed by atoms with Crippen LogP contribution in [0.2, 0.25) is 0 Å². The van der Waals surface area contributed by atoms with Gasteiger partial charge in [-0.2, -0.15) is 0 Å². The highest BCUT2D eigenvalue weighted by Gasteiger charge is 2.09.